The highest BCUT2D eigenvalue weighted by atomic mass is 35.5. The summed E-state index contributed by atoms with van der Waals surface area (Å²) in [5.74, 6) is 0. The van der Waals surface area contributed by atoms with Crippen molar-refractivity contribution in [2.24, 2.45) is 0 Å². The van der Waals surface area contributed by atoms with Crippen molar-refractivity contribution in [1.29, 1.82) is 0 Å². The van der Waals surface area contributed by atoms with Crippen molar-refractivity contribution in [2.45, 2.75) is 19.0 Å². The molecule has 0 bridgehead atoms. The van der Waals surface area contributed by atoms with Crippen LogP contribution in [0.2, 0.25) is 5.02 Å². The Kier molecular flexibility index (Phi) is 4.88. The maximum Gasteiger partial charge on any atom is 0.184 e. The van der Waals surface area contributed by atoms with Gasteiger partial charge in [-0.05, 0) is 17.7 Å². The minimum absolute atomic E-state index is 0.0330. The summed E-state index contributed by atoms with van der Waals surface area (Å²) < 4.78 is 17.2. The SMILES string of the molecule is Clc1ccc(C2OCC(COCc3ccccc3)O2)cc1. The zero-order valence-electron chi connectivity index (χ0n) is 11.6. The van der Waals surface area contributed by atoms with Crippen LogP contribution in [-0.4, -0.2) is 19.3 Å². The van der Waals surface area contributed by atoms with E-state index in [4.69, 9.17) is 25.8 Å². The molecule has 1 aliphatic heterocycles. The Morgan fingerprint density at radius 3 is 2.57 bits per heavy atom. The normalized spacial score (nSPS) is 21.6. The molecule has 2 unspecified atom stereocenters. The lowest BCUT2D eigenvalue weighted by Gasteiger charge is -2.12. The third kappa shape index (κ3) is 4.05. The lowest BCUT2D eigenvalue weighted by molar-refractivity contribution is -0.0751. The van der Waals surface area contributed by atoms with Crippen LogP contribution >= 0.6 is 11.6 Å². The van der Waals surface area contributed by atoms with Gasteiger partial charge in [0.25, 0.3) is 0 Å². The molecule has 0 aromatic heterocycles. The fraction of sp³-hybridized carbons (Fsp3) is 0.294. The minimum atomic E-state index is -0.326. The van der Waals surface area contributed by atoms with Gasteiger partial charge in [0, 0.05) is 10.6 Å². The first-order valence-electron chi connectivity index (χ1n) is 6.95. The zero-order chi connectivity index (χ0) is 14.5. The Balaban J connectivity index is 1.45. The van der Waals surface area contributed by atoms with E-state index >= 15 is 0 Å². The van der Waals surface area contributed by atoms with Gasteiger partial charge in [0.1, 0.15) is 6.10 Å². The largest absolute Gasteiger partial charge is 0.374 e. The first kappa shape index (κ1) is 14.5. The van der Waals surface area contributed by atoms with Crippen LogP contribution in [0.15, 0.2) is 54.6 Å². The average molecular weight is 305 g/mol. The van der Waals surface area contributed by atoms with Gasteiger partial charge >= 0.3 is 0 Å². The van der Waals surface area contributed by atoms with Crippen LogP contribution in [0.5, 0.6) is 0 Å². The van der Waals surface area contributed by atoms with E-state index in [0.29, 0.717) is 24.8 Å². The van der Waals surface area contributed by atoms with Gasteiger partial charge in [-0.1, -0.05) is 54.1 Å². The average Bonchev–Trinajstić information content (AvgIpc) is 2.98. The molecule has 3 rings (SSSR count). The van der Waals surface area contributed by atoms with Crippen LogP contribution in [0.25, 0.3) is 0 Å². The molecule has 2 aromatic rings. The van der Waals surface area contributed by atoms with Crippen LogP contribution < -0.4 is 0 Å². The quantitative estimate of drug-likeness (QED) is 0.836. The molecule has 110 valence electrons. The monoisotopic (exact) mass is 304 g/mol. The van der Waals surface area contributed by atoms with Gasteiger partial charge in [0.15, 0.2) is 6.29 Å². The molecule has 2 aromatic carbocycles. The first-order chi connectivity index (χ1) is 10.3. The summed E-state index contributed by atoms with van der Waals surface area (Å²) >= 11 is 5.87. The van der Waals surface area contributed by atoms with Crippen LogP contribution in [-0.2, 0) is 20.8 Å². The molecular weight excluding hydrogens is 288 g/mol. The van der Waals surface area contributed by atoms with Gasteiger partial charge in [-0.2, -0.15) is 0 Å². The highest BCUT2D eigenvalue weighted by molar-refractivity contribution is 6.30. The Hall–Kier alpha value is -1.39. The van der Waals surface area contributed by atoms with E-state index in [1.54, 1.807) is 0 Å². The summed E-state index contributed by atoms with van der Waals surface area (Å²) in [6.07, 6.45) is -0.359. The first-order valence-corrected chi connectivity index (χ1v) is 7.33. The van der Waals surface area contributed by atoms with E-state index in [2.05, 4.69) is 0 Å². The lowest BCUT2D eigenvalue weighted by Crippen LogP contribution is -2.17. The maximum atomic E-state index is 5.87. The smallest absolute Gasteiger partial charge is 0.184 e. The fourth-order valence-electron chi connectivity index (χ4n) is 2.21. The van der Waals surface area contributed by atoms with Crippen LogP contribution in [0, 0.1) is 0 Å². The van der Waals surface area contributed by atoms with E-state index < -0.39 is 0 Å². The third-order valence-electron chi connectivity index (χ3n) is 3.31. The van der Waals surface area contributed by atoms with Crippen molar-refractivity contribution < 1.29 is 14.2 Å². The lowest BCUT2D eigenvalue weighted by atomic mass is 10.2. The standard InChI is InChI=1S/C17H17ClO3/c18-15-8-6-14(7-9-15)17-20-12-16(21-17)11-19-10-13-4-2-1-3-5-13/h1-9,16-17H,10-12H2. The molecule has 1 heterocycles. The summed E-state index contributed by atoms with van der Waals surface area (Å²) in [5, 5.41) is 0.708. The number of rotatable bonds is 5. The molecule has 0 aliphatic carbocycles. The molecule has 0 radical (unpaired) electrons. The van der Waals surface area contributed by atoms with Gasteiger partial charge in [-0.25, -0.2) is 0 Å². The topological polar surface area (TPSA) is 27.7 Å². The molecule has 1 saturated heterocycles. The summed E-state index contributed by atoms with van der Waals surface area (Å²) in [7, 11) is 0. The summed E-state index contributed by atoms with van der Waals surface area (Å²) in [5.41, 5.74) is 2.13. The van der Waals surface area contributed by atoms with Gasteiger partial charge in [0.05, 0.1) is 19.8 Å². The van der Waals surface area contributed by atoms with E-state index in [0.717, 1.165) is 11.1 Å². The van der Waals surface area contributed by atoms with Gasteiger partial charge in [-0.15, -0.1) is 0 Å². The molecule has 0 N–H and O–H groups in total. The van der Waals surface area contributed by atoms with Gasteiger partial charge in [0.2, 0.25) is 0 Å². The van der Waals surface area contributed by atoms with E-state index in [9.17, 15) is 0 Å². The zero-order valence-corrected chi connectivity index (χ0v) is 12.3. The second-order valence-corrected chi connectivity index (χ2v) is 5.41. The highest BCUT2D eigenvalue weighted by Gasteiger charge is 2.27. The number of ether oxygens (including phenoxy) is 3. The van der Waals surface area contributed by atoms with Gasteiger partial charge < -0.3 is 14.2 Å². The molecular formula is C17H17ClO3. The molecule has 0 spiro atoms. The van der Waals surface area contributed by atoms with Gasteiger partial charge in [-0.3, -0.25) is 0 Å². The van der Waals surface area contributed by atoms with E-state index in [1.165, 1.54) is 0 Å². The Labute approximate surface area is 129 Å². The number of halogens is 1. The second-order valence-electron chi connectivity index (χ2n) is 4.98. The molecule has 1 fully saturated rings. The van der Waals surface area contributed by atoms with Crippen LogP contribution in [0.4, 0.5) is 0 Å². The summed E-state index contributed by atoms with van der Waals surface area (Å²) in [6.45, 7) is 1.66. The summed E-state index contributed by atoms with van der Waals surface area (Å²) in [4.78, 5) is 0. The predicted molar refractivity (Wildman–Crippen MR) is 81.1 cm³/mol. The molecule has 3 nitrogen and oxygen atoms in total. The predicted octanol–water partition coefficient (Wildman–Crippen LogP) is 3.97. The van der Waals surface area contributed by atoms with Crippen molar-refractivity contribution in [3.05, 3.63) is 70.7 Å². The molecule has 0 saturated carbocycles. The fourth-order valence-corrected chi connectivity index (χ4v) is 2.34. The molecule has 0 amide bonds. The maximum absolute atomic E-state index is 5.87. The van der Waals surface area contributed by atoms with E-state index in [-0.39, 0.29) is 12.4 Å². The van der Waals surface area contributed by atoms with Crippen LogP contribution in [0.3, 0.4) is 0 Å². The number of hydrogen-bond acceptors (Lipinski definition) is 3. The Morgan fingerprint density at radius 2 is 1.81 bits per heavy atom. The molecule has 21 heavy (non-hydrogen) atoms. The number of hydrogen-bond donors (Lipinski definition) is 0. The van der Waals surface area contributed by atoms with Crippen LogP contribution in [0.1, 0.15) is 17.4 Å². The van der Waals surface area contributed by atoms with E-state index in [1.807, 2.05) is 54.6 Å². The van der Waals surface area contributed by atoms with Crippen molar-refractivity contribution in [3.63, 3.8) is 0 Å². The Bertz CT molecular complexity index is 556. The van der Waals surface area contributed by atoms with Crippen molar-refractivity contribution >= 4 is 11.6 Å². The number of benzene rings is 2. The minimum Gasteiger partial charge on any atom is -0.374 e. The van der Waals surface area contributed by atoms with Crippen molar-refractivity contribution in [3.8, 4) is 0 Å². The van der Waals surface area contributed by atoms with Crippen molar-refractivity contribution in [1.82, 2.24) is 0 Å². The summed E-state index contributed by atoms with van der Waals surface area (Å²) in [6, 6.07) is 17.6. The second kappa shape index (κ2) is 7.05. The molecule has 1 aliphatic rings. The Morgan fingerprint density at radius 1 is 1.05 bits per heavy atom. The van der Waals surface area contributed by atoms with Crippen molar-refractivity contribution in [2.75, 3.05) is 13.2 Å². The third-order valence-corrected chi connectivity index (χ3v) is 3.56. The highest BCUT2D eigenvalue weighted by Crippen LogP contribution is 2.27. The molecule has 2 atom stereocenters. The molecule has 4 heteroatoms.